The van der Waals surface area contributed by atoms with Crippen LogP contribution in [0.25, 0.3) is 21.8 Å². The number of piperazine rings is 1. The van der Waals surface area contributed by atoms with Crippen LogP contribution in [0, 0.1) is 17.5 Å². The summed E-state index contributed by atoms with van der Waals surface area (Å²) in [4.78, 5) is 17.8. The number of benzene rings is 2. The number of halogens is 3. The van der Waals surface area contributed by atoms with E-state index in [1.807, 2.05) is 11.0 Å². The third kappa shape index (κ3) is 5.18. The summed E-state index contributed by atoms with van der Waals surface area (Å²) < 4.78 is 72.5. The summed E-state index contributed by atoms with van der Waals surface area (Å²) in [6.07, 6.45) is 5.54. The Balaban J connectivity index is 1.45. The molecule has 2 saturated heterocycles. The number of nitrogens with zero attached hydrogens (tertiary/aromatic N) is 5. The summed E-state index contributed by atoms with van der Waals surface area (Å²) in [6, 6.07) is 9.12. The van der Waals surface area contributed by atoms with Gasteiger partial charge in [0.1, 0.15) is 11.6 Å². The van der Waals surface area contributed by atoms with Crippen molar-refractivity contribution < 1.29 is 21.6 Å². The summed E-state index contributed by atoms with van der Waals surface area (Å²) in [5, 5.41) is 1.27. The first-order valence-electron chi connectivity index (χ1n) is 12.8. The number of likely N-dealkylation sites (N-methyl/N-ethyl adjacent to an activating group) is 1. The zero-order valence-electron chi connectivity index (χ0n) is 22.0. The first kappa shape index (κ1) is 27.9. The number of sulfonamides is 1. The van der Waals surface area contributed by atoms with Crippen molar-refractivity contribution in [1.82, 2.24) is 19.9 Å². The van der Waals surface area contributed by atoms with Gasteiger partial charge in [-0.1, -0.05) is 35.2 Å². The largest absolute Gasteiger partial charge is 0.340 e. The molecule has 2 aromatic carbocycles. The van der Waals surface area contributed by atoms with Crippen LogP contribution in [0.4, 0.5) is 24.0 Å². The van der Waals surface area contributed by atoms with Gasteiger partial charge in [0.05, 0.1) is 22.0 Å². The molecule has 4 aromatic rings. The Labute approximate surface area is 243 Å². The zero-order chi connectivity index (χ0) is 28.9. The fraction of sp³-hybridized carbons (Fsp3) is 0.296. The predicted molar refractivity (Wildman–Crippen MR) is 154 cm³/mol. The molecular formula is C27H25F3N6O2S3. The molecule has 0 amide bonds. The molecule has 2 unspecified atom stereocenters. The van der Waals surface area contributed by atoms with Crippen LogP contribution in [0.1, 0.15) is 12.8 Å². The van der Waals surface area contributed by atoms with Crippen molar-refractivity contribution >= 4 is 43.9 Å². The summed E-state index contributed by atoms with van der Waals surface area (Å²) in [5.41, 5.74) is 0.424. The number of hydrogen-bond acceptors (Lipinski definition) is 9. The zero-order valence-corrected chi connectivity index (χ0v) is 24.5. The number of thiazole rings is 1. The van der Waals surface area contributed by atoms with Crippen molar-refractivity contribution in [3.8, 4) is 21.8 Å². The number of likely N-dealkylation sites (tertiary alicyclic amines) is 1. The van der Waals surface area contributed by atoms with Gasteiger partial charge in [-0.2, -0.15) is 0 Å². The molecule has 0 saturated carbocycles. The lowest BCUT2D eigenvalue weighted by molar-refractivity contribution is 0.264. The third-order valence-corrected chi connectivity index (χ3v) is 10.3. The van der Waals surface area contributed by atoms with Gasteiger partial charge < -0.3 is 9.80 Å². The molecule has 4 heterocycles. The molecule has 2 aliphatic heterocycles. The Hall–Kier alpha value is -3.20. The minimum atomic E-state index is -4.78. The Bertz CT molecular complexity index is 1700. The number of thioether (sulfide) groups is 1. The smallest absolute Gasteiger partial charge is 0.267 e. The second-order valence-corrected chi connectivity index (χ2v) is 13.3. The number of nitrogens with one attached hydrogen (secondary N) is 1. The van der Waals surface area contributed by atoms with Crippen molar-refractivity contribution in [3.63, 3.8) is 0 Å². The van der Waals surface area contributed by atoms with Crippen LogP contribution in [0.5, 0.6) is 0 Å². The van der Waals surface area contributed by atoms with E-state index in [0.717, 1.165) is 49.3 Å². The number of fused-ring (bicyclic) bond motifs is 2. The van der Waals surface area contributed by atoms with Crippen molar-refractivity contribution in [2.75, 3.05) is 36.0 Å². The van der Waals surface area contributed by atoms with E-state index in [-0.39, 0.29) is 17.6 Å². The Morgan fingerprint density at radius 3 is 2.37 bits per heavy atom. The Morgan fingerprint density at radius 2 is 1.68 bits per heavy atom. The highest BCUT2D eigenvalue weighted by Gasteiger charge is 2.41. The minimum Gasteiger partial charge on any atom is -0.340 e. The van der Waals surface area contributed by atoms with Gasteiger partial charge in [0.25, 0.3) is 10.0 Å². The number of hydrogen-bond donors (Lipinski definition) is 1. The number of anilines is 2. The van der Waals surface area contributed by atoms with E-state index in [0.29, 0.717) is 21.4 Å². The average molecular weight is 619 g/mol. The Kier molecular flexibility index (Phi) is 7.42. The first-order valence-corrected chi connectivity index (χ1v) is 16.3. The van der Waals surface area contributed by atoms with Gasteiger partial charge in [-0.05, 0) is 56.5 Å². The highest BCUT2D eigenvalue weighted by Crippen LogP contribution is 2.45. The molecule has 8 nitrogen and oxygen atoms in total. The standard InChI is InChI=1S/C27H25F3N6O2S3/c1-35-13-15-9-10-16(14-35)36(15)27-33-23(24(40-27)21-11-12-31-26(32-21)39-2)17-5-3-8-20(22(17)30)34-41(37,38)25-18(28)6-4-7-19(25)29/h3-8,11-12,15-16,34H,9-10,13-14H2,1-2H3. The predicted octanol–water partition coefficient (Wildman–Crippen LogP) is 5.49. The van der Waals surface area contributed by atoms with Crippen molar-refractivity contribution in [2.24, 2.45) is 0 Å². The molecule has 1 N–H and O–H groups in total. The summed E-state index contributed by atoms with van der Waals surface area (Å²) in [7, 11) is -2.69. The highest BCUT2D eigenvalue weighted by atomic mass is 32.2. The Morgan fingerprint density at radius 1 is 1.00 bits per heavy atom. The minimum absolute atomic E-state index is 0.0301. The lowest BCUT2D eigenvalue weighted by atomic mass is 10.1. The van der Waals surface area contributed by atoms with E-state index < -0.39 is 38.1 Å². The molecular weight excluding hydrogens is 594 g/mol. The molecule has 41 heavy (non-hydrogen) atoms. The summed E-state index contributed by atoms with van der Waals surface area (Å²) >= 11 is 2.77. The molecule has 14 heteroatoms. The fourth-order valence-corrected chi connectivity index (χ4v) is 8.24. The van der Waals surface area contributed by atoms with Crippen LogP contribution in [0.2, 0.25) is 0 Å². The van der Waals surface area contributed by atoms with Gasteiger partial charge in [0.15, 0.2) is 21.0 Å². The van der Waals surface area contributed by atoms with Crippen LogP contribution in [-0.4, -0.2) is 66.7 Å². The first-order chi connectivity index (χ1) is 19.7. The molecule has 6 rings (SSSR count). The number of aromatic nitrogens is 3. The van der Waals surface area contributed by atoms with Gasteiger partial charge in [-0.3, -0.25) is 4.72 Å². The van der Waals surface area contributed by atoms with Gasteiger partial charge in [0, 0.05) is 36.9 Å². The second-order valence-electron chi connectivity index (χ2n) is 9.94. The van der Waals surface area contributed by atoms with Crippen LogP contribution in [0.15, 0.2) is 58.7 Å². The molecule has 214 valence electrons. The SMILES string of the molecule is CSc1nccc(-c2sc(N3C4CCC3CN(C)C4)nc2-c2cccc(NS(=O)(=O)c3c(F)cccc3F)c2F)n1. The van der Waals surface area contributed by atoms with E-state index in [9.17, 15) is 17.2 Å². The summed E-state index contributed by atoms with van der Waals surface area (Å²) in [6.45, 7) is 1.78. The van der Waals surface area contributed by atoms with Gasteiger partial charge >= 0.3 is 0 Å². The average Bonchev–Trinajstić information content (AvgIpc) is 3.48. The van der Waals surface area contributed by atoms with E-state index >= 15 is 4.39 Å². The maximum Gasteiger partial charge on any atom is 0.267 e. The highest BCUT2D eigenvalue weighted by molar-refractivity contribution is 7.98. The lowest BCUT2D eigenvalue weighted by Gasteiger charge is -2.39. The molecule has 2 aliphatic rings. The van der Waals surface area contributed by atoms with Gasteiger partial charge in [-0.15, -0.1) is 0 Å². The van der Waals surface area contributed by atoms with Crippen LogP contribution >= 0.6 is 23.1 Å². The molecule has 0 aliphatic carbocycles. The van der Waals surface area contributed by atoms with Gasteiger partial charge in [-0.25, -0.2) is 36.5 Å². The number of rotatable bonds is 7. The quantitative estimate of drug-likeness (QED) is 0.215. The normalized spacial score (nSPS) is 19.1. The van der Waals surface area contributed by atoms with E-state index in [1.165, 1.54) is 41.3 Å². The van der Waals surface area contributed by atoms with Crippen LogP contribution < -0.4 is 9.62 Å². The lowest BCUT2D eigenvalue weighted by Crippen LogP contribution is -2.52. The molecule has 0 radical (unpaired) electrons. The molecule has 0 spiro atoms. The molecule has 2 atom stereocenters. The third-order valence-electron chi connectivity index (χ3n) is 7.24. The van der Waals surface area contributed by atoms with Crippen molar-refractivity contribution in [3.05, 3.63) is 66.1 Å². The topological polar surface area (TPSA) is 91.3 Å². The van der Waals surface area contributed by atoms with E-state index in [2.05, 4.69) is 26.8 Å². The van der Waals surface area contributed by atoms with Crippen molar-refractivity contribution in [1.29, 1.82) is 0 Å². The van der Waals surface area contributed by atoms with Crippen molar-refractivity contribution in [2.45, 2.75) is 35.0 Å². The van der Waals surface area contributed by atoms with Gasteiger partial charge in [0.2, 0.25) is 0 Å². The molecule has 2 aromatic heterocycles. The second kappa shape index (κ2) is 10.9. The maximum absolute atomic E-state index is 16.1. The molecule has 2 fully saturated rings. The van der Waals surface area contributed by atoms with E-state index in [4.69, 9.17) is 4.98 Å². The van der Waals surface area contributed by atoms with E-state index in [1.54, 1.807) is 12.3 Å². The van der Waals surface area contributed by atoms with Crippen LogP contribution in [-0.2, 0) is 10.0 Å². The fourth-order valence-electron chi connectivity index (χ4n) is 5.50. The summed E-state index contributed by atoms with van der Waals surface area (Å²) in [5.74, 6) is -3.49. The van der Waals surface area contributed by atoms with Crippen LogP contribution in [0.3, 0.4) is 0 Å². The monoisotopic (exact) mass is 618 g/mol. The maximum atomic E-state index is 16.1. The molecule has 2 bridgehead atoms.